The van der Waals surface area contributed by atoms with E-state index in [1.165, 1.54) is 12.1 Å². The van der Waals surface area contributed by atoms with Gasteiger partial charge in [0.25, 0.3) is 0 Å². The minimum atomic E-state index is -3.83. The molecule has 2 aromatic heterocycles. The molecule has 1 aromatic carbocycles. The lowest BCUT2D eigenvalue weighted by Crippen LogP contribution is -2.55. The van der Waals surface area contributed by atoms with Crippen LogP contribution in [0.2, 0.25) is 0 Å². The molecule has 2 fully saturated rings. The summed E-state index contributed by atoms with van der Waals surface area (Å²) in [5.74, 6) is -3.04. The predicted molar refractivity (Wildman–Crippen MR) is 213 cm³/mol. The molecule has 308 valence electrons. The van der Waals surface area contributed by atoms with Crippen molar-refractivity contribution in [3.05, 3.63) is 81.7 Å². The number of aliphatic carboxylic acids is 1. The van der Waals surface area contributed by atoms with Crippen LogP contribution in [0.15, 0.2) is 42.5 Å². The average molecular weight is 816 g/mol. The quantitative estimate of drug-likeness (QED) is 0.253. The Kier molecular flexibility index (Phi) is 13.9. The maximum atomic E-state index is 12.5. The molecule has 0 atom stereocenters. The number of nitriles is 2. The van der Waals surface area contributed by atoms with Crippen molar-refractivity contribution in [2.45, 2.75) is 61.1 Å². The summed E-state index contributed by atoms with van der Waals surface area (Å²) in [7, 11) is -3.83. The van der Waals surface area contributed by atoms with E-state index in [1.54, 1.807) is 54.0 Å². The zero-order valence-corrected chi connectivity index (χ0v) is 34.8. The van der Waals surface area contributed by atoms with Gasteiger partial charge in [-0.2, -0.15) is 10.5 Å². The van der Waals surface area contributed by atoms with E-state index in [0.717, 1.165) is 0 Å². The third kappa shape index (κ3) is 12.0. The number of carboxylic acids is 1. The van der Waals surface area contributed by atoms with Crippen LogP contribution < -0.4 is 14.5 Å². The van der Waals surface area contributed by atoms with Crippen LogP contribution in [0.1, 0.15) is 90.3 Å². The maximum absolute atomic E-state index is 12.5. The largest absolute Gasteiger partial charge is 0.481 e. The number of nitrogens with zero attached hydrogens (tertiary/aromatic N) is 6. The number of aromatic nitrogens is 2. The first kappa shape index (κ1) is 44.6. The van der Waals surface area contributed by atoms with Crippen molar-refractivity contribution in [3.63, 3.8) is 0 Å². The molecule has 2 aliphatic heterocycles. The molecule has 3 aromatic rings. The van der Waals surface area contributed by atoms with Gasteiger partial charge in [-0.25, -0.2) is 28.0 Å². The van der Waals surface area contributed by atoms with Crippen LogP contribution in [0, 0.1) is 59.2 Å². The van der Waals surface area contributed by atoms with Gasteiger partial charge in [-0.05, 0) is 42.4 Å². The van der Waals surface area contributed by atoms with Crippen molar-refractivity contribution in [1.29, 1.82) is 10.5 Å². The van der Waals surface area contributed by atoms with E-state index in [0.29, 0.717) is 41.7 Å². The number of anilines is 2. The summed E-state index contributed by atoms with van der Waals surface area (Å²) in [6.07, 6.45) is 0. The molecule has 0 saturated carbocycles. The second kappa shape index (κ2) is 18.0. The number of nitrogens with one attached hydrogen (secondary N) is 1. The second-order valence-corrected chi connectivity index (χ2v) is 18.5. The van der Waals surface area contributed by atoms with E-state index in [4.69, 9.17) is 14.6 Å². The number of aryl methyl sites for hydroxylation is 2. The van der Waals surface area contributed by atoms with Gasteiger partial charge in [-0.3, -0.25) is 14.3 Å². The molecule has 16 nitrogen and oxygen atoms in total. The number of carbonyl (C=O) groups is 4. The molecule has 0 spiro atoms. The third-order valence-electron chi connectivity index (χ3n) is 8.88. The fourth-order valence-corrected chi connectivity index (χ4v) is 6.83. The molecule has 0 unspecified atom stereocenters. The van der Waals surface area contributed by atoms with Crippen molar-refractivity contribution >= 4 is 45.5 Å². The second-order valence-electron chi connectivity index (χ2n) is 16.7. The summed E-state index contributed by atoms with van der Waals surface area (Å²) >= 11 is 0. The number of hydrogen-bond acceptors (Lipinski definition) is 14. The first-order valence-corrected chi connectivity index (χ1v) is 20.1. The van der Waals surface area contributed by atoms with Gasteiger partial charge in [0, 0.05) is 26.2 Å². The first-order valence-electron chi connectivity index (χ1n) is 18.5. The molecule has 17 heteroatoms. The molecule has 5 rings (SSSR count). The van der Waals surface area contributed by atoms with Gasteiger partial charge < -0.3 is 24.4 Å². The number of carbonyl (C=O) groups excluding carboxylic acids is 3. The summed E-state index contributed by atoms with van der Waals surface area (Å²) in [6, 6.07) is 15.6. The van der Waals surface area contributed by atoms with Crippen LogP contribution in [-0.4, -0.2) is 86.7 Å². The molecule has 2 aliphatic rings. The standard InChI is InChI=1S/C24H28N4O5S.C17H21N3O4/c1-16-20(23(30)33-15-24(2,3)4)10-18(11-25)21(26-16)28-12-19(13-28)22(29)27-34(31,32)14-17-8-6-5-7-9-17;1-10-13(16(23)24-9-17(2,3)4)5-11(6-18)14(19-10)20-7-12(8-20)15(21)22/h5-10,19H,12-15H2,1-4H3,(H,27,29);5,12H,7-9H2,1-4H3,(H,21,22). The Morgan fingerprint density at radius 2 is 1.19 bits per heavy atom. The molecule has 0 bridgehead atoms. The van der Waals surface area contributed by atoms with E-state index in [1.807, 2.05) is 53.7 Å². The molecular weight excluding hydrogens is 767 g/mol. The van der Waals surface area contributed by atoms with Crippen molar-refractivity contribution in [1.82, 2.24) is 14.7 Å². The van der Waals surface area contributed by atoms with Crippen molar-refractivity contribution < 1.29 is 42.2 Å². The van der Waals surface area contributed by atoms with E-state index in [2.05, 4.69) is 14.7 Å². The zero-order valence-electron chi connectivity index (χ0n) is 34.0. The topological polar surface area (TPSA) is 233 Å². The number of hydrogen-bond donors (Lipinski definition) is 2. The minimum Gasteiger partial charge on any atom is -0.481 e. The van der Waals surface area contributed by atoms with Gasteiger partial charge >= 0.3 is 17.9 Å². The third-order valence-corrected chi connectivity index (χ3v) is 10.1. The van der Waals surface area contributed by atoms with Gasteiger partial charge in [-0.15, -0.1) is 0 Å². The molecule has 2 N–H and O–H groups in total. The van der Waals surface area contributed by atoms with Crippen LogP contribution in [0.4, 0.5) is 11.6 Å². The van der Waals surface area contributed by atoms with Gasteiger partial charge in [0.05, 0.1) is 64.4 Å². The van der Waals surface area contributed by atoms with E-state index in [-0.39, 0.29) is 65.1 Å². The lowest BCUT2D eigenvalue weighted by molar-refractivity contribution is -0.142. The Morgan fingerprint density at radius 3 is 1.57 bits per heavy atom. The molecule has 2 saturated heterocycles. The highest BCUT2D eigenvalue weighted by Crippen LogP contribution is 2.30. The number of ether oxygens (including phenoxy) is 2. The smallest absolute Gasteiger partial charge is 0.340 e. The minimum absolute atomic E-state index is 0.154. The predicted octanol–water partition coefficient (Wildman–Crippen LogP) is 4.53. The monoisotopic (exact) mass is 815 g/mol. The average Bonchev–Trinajstić information content (AvgIpc) is 3.08. The number of sulfonamides is 1. The summed E-state index contributed by atoms with van der Waals surface area (Å²) in [4.78, 5) is 60.2. The van der Waals surface area contributed by atoms with Crippen LogP contribution >= 0.6 is 0 Å². The van der Waals surface area contributed by atoms with Gasteiger partial charge in [0.1, 0.15) is 23.8 Å². The fraction of sp³-hybridized carbons (Fsp3) is 0.463. The Bertz CT molecular complexity index is 2240. The molecule has 58 heavy (non-hydrogen) atoms. The molecular formula is C41H49N7O9S. The number of carboxylic acid groups (broad SMARTS) is 1. The number of amides is 1. The zero-order chi connectivity index (χ0) is 43.2. The van der Waals surface area contributed by atoms with Crippen molar-refractivity contribution in [2.24, 2.45) is 22.7 Å². The first-order chi connectivity index (χ1) is 27.0. The Balaban J connectivity index is 0.000000273. The molecule has 0 aliphatic carbocycles. The Morgan fingerprint density at radius 1 is 0.776 bits per heavy atom. The lowest BCUT2D eigenvalue weighted by atomic mass is 9.98. The van der Waals surface area contributed by atoms with Gasteiger partial charge in [-0.1, -0.05) is 71.9 Å². The van der Waals surface area contributed by atoms with Crippen LogP contribution in [0.3, 0.4) is 0 Å². The fourth-order valence-electron chi connectivity index (χ4n) is 5.66. The highest BCUT2D eigenvalue weighted by molar-refractivity contribution is 7.89. The summed E-state index contributed by atoms with van der Waals surface area (Å²) < 4.78 is 37.4. The van der Waals surface area contributed by atoms with E-state index in [9.17, 15) is 38.1 Å². The Labute approximate surface area is 338 Å². The van der Waals surface area contributed by atoms with Crippen LogP contribution in [-0.2, 0) is 34.8 Å². The Hall–Kier alpha value is -6.07. The number of pyridine rings is 2. The number of rotatable bonds is 11. The SMILES string of the molecule is Cc1nc(N2CC(C(=O)NS(=O)(=O)Cc3ccccc3)C2)c(C#N)cc1C(=O)OCC(C)(C)C.Cc1nc(N2CC(C(=O)O)C2)c(C#N)cc1C(=O)OCC(C)(C)C. The summed E-state index contributed by atoms with van der Waals surface area (Å²) in [5, 5.41) is 27.9. The normalized spacial score (nSPS) is 14.4. The molecule has 0 radical (unpaired) electrons. The molecule has 4 heterocycles. The van der Waals surface area contributed by atoms with Gasteiger partial charge in [0.2, 0.25) is 15.9 Å². The highest BCUT2D eigenvalue weighted by Gasteiger charge is 2.37. The number of esters is 2. The number of benzene rings is 1. The lowest BCUT2D eigenvalue weighted by Gasteiger charge is -2.39. The summed E-state index contributed by atoms with van der Waals surface area (Å²) in [5.41, 5.74) is 2.00. The van der Waals surface area contributed by atoms with Crippen LogP contribution in [0.25, 0.3) is 0 Å². The van der Waals surface area contributed by atoms with E-state index >= 15 is 0 Å². The molecule has 1 amide bonds. The van der Waals surface area contributed by atoms with Crippen molar-refractivity contribution in [3.8, 4) is 12.1 Å². The highest BCUT2D eigenvalue weighted by atomic mass is 32.2. The maximum Gasteiger partial charge on any atom is 0.340 e. The summed E-state index contributed by atoms with van der Waals surface area (Å²) in [6.45, 7) is 16.6. The van der Waals surface area contributed by atoms with E-state index < -0.39 is 45.7 Å². The van der Waals surface area contributed by atoms with Crippen molar-refractivity contribution in [2.75, 3.05) is 49.2 Å². The van der Waals surface area contributed by atoms with Crippen LogP contribution in [0.5, 0.6) is 0 Å². The van der Waals surface area contributed by atoms with Gasteiger partial charge in [0.15, 0.2) is 0 Å².